The first-order valence-electron chi connectivity index (χ1n) is 5.33. The lowest BCUT2D eigenvalue weighted by atomic mass is 10.2. The van der Waals surface area contributed by atoms with E-state index in [1.807, 2.05) is 12.1 Å². The summed E-state index contributed by atoms with van der Waals surface area (Å²) in [6.45, 7) is 6.56. The van der Waals surface area contributed by atoms with Gasteiger partial charge in [0.15, 0.2) is 0 Å². The summed E-state index contributed by atoms with van der Waals surface area (Å²) in [6.07, 6.45) is 2.97. The minimum atomic E-state index is 0.650. The van der Waals surface area contributed by atoms with E-state index in [-0.39, 0.29) is 0 Å². The lowest BCUT2D eigenvalue weighted by Gasteiger charge is -2.17. The van der Waals surface area contributed by atoms with Crippen LogP contribution < -0.4 is 5.32 Å². The second-order valence-electron chi connectivity index (χ2n) is 4.00. The van der Waals surface area contributed by atoms with E-state index in [0.717, 1.165) is 31.9 Å². The molecule has 1 aliphatic heterocycles. The predicted molar refractivity (Wildman–Crippen MR) is 56.1 cm³/mol. The summed E-state index contributed by atoms with van der Waals surface area (Å²) in [7, 11) is 0. The second-order valence-corrected chi connectivity index (χ2v) is 4.00. The Labute approximate surface area is 85.1 Å². The van der Waals surface area contributed by atoms with Gasteiger partial charge in [-0.1, -0.05) is 0 Å². The normalized spacial score (nSPS) is 24.8. The number of hydrogen-bond acceptors (Lipinski definition) is 3. The summed E-state index contributed by atoms with van der Waals surface area (Å²) in [5.74, 6) is 1.07. The van der Waals surface area contributed by atoms with Gasteiger partial charge in [-0.2, -0.15) is 0 Å². The summed E-state index contributed by atoms with van der Waals surface area (Å²) in [4.78, 5) is 2.44. The summed E-state index contributed by atoms with van der Waals surface area (Å²) in [5, 5.41) is 3.48. The molecule has 0 radical (unpaired) electrons. The molecule has 78 valence electrons. The molecule has 1 aliphatic rings. The van der Waals surface area contributed by atoms with Crippen LogP contribution in [0.25, 0.3) is 0 Å². The number of rotatable bonds is 2. The molecule has 1 N–H and O–H groups in total. The van der Waals surface area contributed by atoms with Crippen LogP contribution in [0.4, 0.5) is 0 Å². The van der Waals surface area contributed by atoms with Gasteiger partial charge in [0.2, 0.25) is 0 Å². The molecule has 14 heavy (non-hydrogen) atoms. The van der Waals surface area contributed by atoms with Gasteiger partial charge in [-0.3, -0.25) is 4.90 Å². The predicted octanol–water partition coefficient (Wildman–Crippen LogP) is 1.46. The molecular weight excluding hydrogens is 176 g/mol. The lowest BCUT2D eigenvalue weighted by Crippen LogP contribution is -2.28. The molecular formula is C11H18N2O. The highest BCUT2D eigenvalue weighted by molar-refractivity contribution is 4.98. The van der Waals surface area contributed by atoms with Gasteiger partial charge >= 0.3 is 0 Å². The first-order valence-corrected chi connectivity index (χ1v) is 5.33. The van der Waals surface area contributed by atoms with Crippen molar-refractivity contribution in [3.05, 3.63) is 24.2 Å². The minimum absolute atomic E-state index is 0.650. The van der Waals surface area contributed by atoms with Crippen LogP contribution >= 0.6 is 0 Å². The van der Waals surface area contributed by atoms with E-state index in [2.05, 4.69) is 17.1 Å². The van der Waals surface area contributed by atoms with Crippen LogP contribution in [-0.2, 0) is 6.54 Å². The van der Waals surface area contributed by atoms with Crippen molar-refractivity contribution in [3.63, 3.8) is 0 Å². The van der Waals surface area contributed by atoms with E-state index in [1.165, 1.54) is 6.42 Å². The maximum Gasteiger partial charge on any atom is 0.117 e. The third-order valence-electron chi connectivity index (χ3n) is 2.76. The maximum absolute atomic E-state index is 5.34. The average molecular weight is 194 g/mol. The highest BCUT2D eigenvalue weighted by Gasteiger charge is 2.13. The van der Waals surface area contributed by atoms with Gasteiger partial charge in [0.1, 0.15) is 5.76 Å². The first-order chi connectivity index (χ1) is 6.84. The number of nitrogens with zero attached hydrogens (tertiary/aromatic N) is 1. The molecule has 1 atom stereocenters. The van der Waals surface area contributed by atoms with E-state index >= 15 is 0 Å². The molecule has 2 rings (SSSR count). The highest BCUT2D eigenvalue weighted by Crippen LogP contribution is 2.08. The van der Waals surface area contributed by atoms with E-state index < -0.39 is 0 Å². The van der Waals surface area contributed by atoms with Crippen LogP contribution in [0.3, 0.4) is 0 Å². The molecule has 1 saturated heterocycles. The molecule has 0 bridgehead atoms. The number of nitrogens with one attached hydrogen (secondary N) is 1. The fourth-order valence-electron chi connectivity index (χ4n) is 1.84. The van der Waals surface area contributed by atoms with Gasteiger partial charge in [-0.05, 0) is 25.5 Å². The van der Waals surface area contributed by atoms with Gasteiger partial charge in [0.05, 0.1) is 12.8 Å². The zero-order valence-electron chi connectivity index (χ0n) is 8.70. The summed E-state index contributed by atoms with van der Waals surface area (Å²) in [5.41, 5.74) is 0. The molecule has 3 heteroatoms. The highest BCUT2D eigenvalue weighted by atomic mass is 16.3. The largest absolute Gasteiger partial charge is 0.468 e. The number of hydrogen-bond donors (Lipinski definition) is 1. The van der Waals surface area contributed by atoms with E-state index in [0.29, 0.717) is 6.04 Å². The van der Waals surface area contributed by atoms with Crippen LogP contribution in [-0.4, -0.2) is 30.6 Å². The molecule has 0 amide bonds. The van der Waals surface area contributed by atoms with Gasteiger partial charge in [0.25, 0.3) is 0 Å². The van der Waals surface area contributed by atoms with Gasteiger partial charge < -0.3 is 9.73 Å². The lowest BCUT2D eigenvalue weighted by molar-refractivity contribution is 0.258. The summed E-state index contributed by atoms with van der Waals surface area (Å²) < 4.78 is 5.34. The fraction of sp³-hybridized carbons (Fsp3) is 0.636. The van der Waals surface area contributed by atoms with Gasteiger partial charge in [-0.15, -0.1) is 0 Å². The molecule has 0 aromatic carbocycles. The van der Waals surface area contributed by atoms with Crippen molar-refractivity contribution < 1.29 is 4.42 Å². The quantitative estimate of drug-likeness (QED) is 0.772. The van der Waals surface area contributed by atoms with Crippen LogP contribution in [0.5, 0.6) is 0 Å². The van der Waals surface area contributed by atoms with Crippen molar-refractivity contribution in [2.45, 2.75) is 25.9 Å². The van der Waals surface area contributed by atoms with Crippen molar-refractivity contribution in [2.24, 2.45) is 0 Å². The topological polar surface area (TPSA) is 28.4 Å². The van der Waals surface area contributed by atoms with Crippen molar-refractivity contribution >= 4 is 0 Å². The van der Waals surface area contributed by atoms with Gasteiger partial charge in [0, 0.05) is 25.7 Å². The van der Waals surface area contributed by atoms with Crippen molar-refractivity contribution in [2.75, 3.05) is 19.6 Å². The van der Waals surface area contributed by atoms with Crippen molar-refractivity contribution in [3.8, 4) is 0 Å². The van der Waals surface area contributed by atoms with E-state index in [4.69, 9.17) is 4.42 Å². The Kier molecular flexibility index (Phi) is 3.22. The smallest absolute Gasteiger partial charge is 0.117 e. The fourth-order valence-corrected chi connectivity index (χ4v) is 1.84. The summed E-state index contributed by atoms with van der Waals surface area (Å²) in [6, 6.07) is 4.65. The molecule has 1 unspecified atom stereocenters. The molecule has 1 aromatic heterocycles. The standard InChI is InChI=1S/C11H18N2O/c1-10-4-6-13(7-5-12-10)9-11-3-2-8-14-11/h2-3,8,10,12H,4-7,9H2,1H3. The molecule has 1 aromatic rings. The van der Waals surface area contributed by atoms with E-state index in [1.54, 1.807) is 6.26 Å². The Morgan fingerprint density at radius 2 is 2.50 bits per heavy atom. The summed E-state index contributed by atoms with van der Waals surface area (Å²) >= 11 is 0. The third-order valence-corrected chi connectivity index (χ3v) is 2.76. The SMILES string of the molecule is CC1CCN(Cc2ccco2)CCN1. The first kappa shape index (κ1) is 9.74. The van der Waals surface area contributed by atoms with Gasteiger partial charge in [-0.25, -0.2) is 0 Å². The van der Waals surface area contributed by atoms with E-state index in [9.17, 15) is 0 Å². The third kappa shape index (κ3) is 2.59. The Hall–Kier alpha value is -0.800. The Bertz CT molecular complexity index is 258. The molecule has 2 heterocycles. The van der Waals surface area contributed by atoms with Crippen molar-refractivity contribution in [1.29, 1.82) is 0 Å². The number of furan rings is 1. The monoisotopic (exact) mass is 194 g/mol. The average Bonchev–Trinajstić information content (AvgIpc) is 2.58. The zero-order valence-corrected chi connectivity index (χ0v) is 8.70. The zero-order chi connectivity index (χ0) is 9.80. The van der Waals surface area contributed by atoms with Crippen LogP contribution in [0, 0.1) is 0 Å². The molecule has 0 saturated carbocycles. The Morgan fingerprint density at radius 3 is 3.29 bits per heavy atom. The maximum atomic E-state index is 5.34. The van der Waals surface area contributed by atoms with Crippen molar-refractivity contribution in [1.82, 2.24) is 10.2 Å². The molecule has 0 aliphatic carbocycles. The molecule has 0 spiro atoms. The minimum Gasteiger partial charge on any atom is -0.468 e. The Morgan fingerprint density at radius 1 is 1.57 bits per heavy atom. The molecule has 1 fully saturated rings. The Balaban J connectivity index is 1.86. The van der Waals surface area contributed by atoms with Crippen LogP contribution in [0.2, 0.25) is 0 Å². The van der Waals surface area contributed by atoms with Crippen LogP contribution in [0.15, 0.2) is 22.8 Å². The second kappa shape index (κ2) is 4.62. The van der Waals surface area contributed by atoms with Crippen LogP contribution in [0.1, 0.15) is 19.1 Å². The molecule has 3 nitrogen and oxygen atoms in total.